The molecule has 9 nitrogen and oxygen atoms in total. The van der Waals surface area contributed by atoms with Crippen molar-refractivity contribution in [2.24, 2.45) is 0 Å². The lowest BCUT2D eigenvalue weighted by atomic mass is 9.95. The first-order valence-corrected chi connectivity index (χ1v) is 16.8. The minimum atomic E-state index is -1.79. The van der Waals surface area contributed by atoms with Gasteiger partial charge in [0.15, 0.2) is 0 Å². The van der Waals surface area contributed by atoms with Crippen LogP contribution in [-0.2, 0) is 11.2 Å². The zero-order valence-electron chi connectivity index (χ0n) is 24.3. The van der Waals surface area contributed by atoms with Crippen LogP contribution in [0.5, 0.6) is 0 Å². The summed E-state index contributed by atoms with van der Waals surface area (Å²) in [5, 5.41) is 9.90. The summed E-state index contributed by atoms with van der Waals surface area (Å²) in [4.78, 5) is 47.7. The molecule has 39 heavy (non-hydrogen) atoms. The van der Waals surface area contributed by atoms with Gasteiger partial charge in [0.25, 0.3) is 5.56 Å². The van der Waals surface area contributed by atoms with Gasteiger partial charge in [-0.1, -0.05) is 38.4 Å². The Morgan fingerprint density at radius 1 is 1.15 bits per heavy atom. The number of hydrogen-bond donors (Lipinski definition) is 1. The lowest BCUT2D eigenvalue weighted by molar-refractivity contribution is 0.00781. The first-order chi connectivity index (χ1) is 18.0. The number of carboxylic acid groups (broad SMARTS) is 1. The number of pyridine rings is 1. The second-order valence-corrected chi connectivity index (χ2v) is 17.5. The van der Waals surface area contributed by atoms with Crippen LogP contribution in [0.3, 0.4) is 0 Å². The topological polar surface area (TPSA) is 115 Å². The van der Waals surface area contributed by atoms with Crippen LogP contribution in [0.15, 0.2) is 29.3 Å². The molecule has 2 aromatic rings. The molecule has 1 N–H and O–H groups in total. The highest BCUT2D eigenvalue weighted by molar-refractivity contribution is 6.83. The van der Waals surface area contributed by atoms with Crippen molar-refractivity contribution in [3.63, 3.8) is 0 Å². The second-order valence-electron chi connectivity index (χ2n) is 12.7. The normalized spacial score (nSPS) is 14.5. The fourth-order valence-electron chi connectivity index (χ4n) is 4.53. The molecule has 210 valence electrons. The Morgan fingerprint density at radius 3 is 2.36 bits per heavy atom. The maximum Gasteiger partial charge on any atom is 0.420 e. The van der Waals surface area contributed by atoms with E-state index in [1.165, 1.54) is 0 Å². The average Bonchev–Trinajstić information content (AvgIpc) is 3.31. The molecule has 2 aromatic heterocycles. The lowest BCUT2D eigenvalue weighted by Gasteiger charge is -2.35. The summed E-state index contributed by atoms with van der Waals surface area (Å²) in [6.07, 6.45) is 5.36. The van der Waals surface area contributed by atoms with E-state index in [9.17, 15) is 19.5 Å². The molecule has 2 heterocycles. The van der Waals surface area contributed by atoms with E-state index in [0.717, 1.165) is 31.2 Å². The van der Waals surface area contributed by atoms with Gasteiger partial charge in [0.05, 0.1) is 23.1 Å². The van der Waals surface area contributed by atoms with Gasteiger partial charge in [-0.05, 0) is 53.5 Å². The van der Waals surface area contributed by atoms with E-state index in [2.05, 4.69) is 36.1 Å². The maximum atomic E-state index is 12.8. The molecule has 0 aliphatic heterocycles. The van der Waals surface area contributed by atoms with E-state index in [1.807, 2.05) is 6.20 Å². The molecule has 0 unspecified atom stereocenters. The van der Waals surface area contributed by atoms with Gasteiger partial charge in [-0.15, -0.1) is 5.54 Å². The molecule has 0 radical (unpaired) electrons. The summed E-state index contributed by atoms with van der Waals surface area (Å²) in [5.74, 6) is 3.19. The van der Waals surface area contributed by atoms with Gasteiger partial charge in [0.1, 0.15) is 19.4 Å². The van der Waals surface area contributed by atoms with Crippen molar-refractivity contribution < 1.29 is 19.4 Å². The zero-order chi connectivity index (χ0) is 29.2. The number of amides is 2. The van der Waals surface area contributed by atoms with E-state index in [4.69, 9.17) is 9.72 Å². The SMILES string of the molecule is CC(C)(C)OC(=O)N(C(=O)O)C(C)(C)Cc1ncc(-c2ccc(=O)n(C3CCCC3)c2)nc1C#C[Si](C)(C)C. The fraction of sp³-hybridized carbons (Fsp3) is 0.552. The summed E-state index contributed by atoms with van der Waals surface area (Å²) in [7, 11) is -1.79. The van der Waals surface area contributed by atoms with E-state index in [0.29, 0.717) is 22.0 Å². The number of rotatable bonds is 5. The number of carbonyl (C=O) groups is 2. The molecule has 0 saturated heterocycles. The van der Waals surface area contributed by atoms with Gasteiger partial charge < -0.3 is 14.4 Å². The largest absolute Gasteiger partial charge is 0.465 e. The number of carbonyl (C=O) groups excluding carboxylic acids is 1. The Bertz CT molecular complexity index is 1350. The molecule has 0 atom stereocenters. The molecule has 2 amide bonds. The van der Waals surface area contributed by atoms with Crippen LogP contribution in [0.1, 0.15) is 77.7 Å². The summed E-state index contributed by atoms with van der Waals surface area (Å²) in [6, 6.07) is 3.49. The Labute approximate surface area is 231 Å². The van der Waals surface area contributed by atoms with Gasteiger partial charge in [-0.3, -0.25) is 9.78 Å². The van der Waals surface area contributed by atoms with Crippen LogP contribution in [0.4, 0.5) is 9.59 Å². The summed E-state index contributed by atoms with van der Waals surface area (Å²) in [6.45, 7) is 14.7. The minimum Gasteiger partial charge on any atom is -0.465 e. The maximum absolute atomic E-state index is 12.8. The predicted molar refractivity (Wildman–Crippen MR) is 153 cm³/mol. The van der Waals surface area contributed by atoms with Gasteiger partial charge in [-0.2, -0.15) is 0 Å². The van der Waals surface area contributed by atoms with Crippen molar-refractivity contribution >= 4 is 20.3 Å². The third-order valence-corrected chi connectivity index (χ3v) is 7.20. The Kier molecular flexibility index (Phi) is 8.75. The highest BCUT2D eigenvalue weighted by Crippen LogP contribution is 2.30. The van der Waals surface area contributed by atoms with E-state index < -0.39 is 31.4 Å². The van der Waals surface area contributed by atoms with Crippen LogP contribution in [0.2, 0.25) is 19.6 Å². The highest BCUT2D eigenvalue weighted by atomic mass is 28.3. The van der Waals surface area contributed by atoms with Gasteiger partial charge >= 0.3 is 12.2 Å². The van der Waals surface area contributed by atoms with Crippen molar-refractivity contribution in [3.8, 4) is 22.7 Å². The average molecular weight is 553 g/mol. The first kappa shape index (κ1) is 30.1. The quantitative estimate of drug-likeness (QED) is 0.363. The van der Waals surface area contributed by atoms with Crippen molar-refractivity contribution in [2.45, 2.75) is 104 Å². The minimum absolute atomic E-state index is 0.0355. The fourth-order valence-corrected chi connectivity index (χ4v) is 5.03. The van der Waals surface area contributed by atoms with Crippen LogP contribution >= 0.6 is 0 Å². The smallest absolute Gasteiger partial charge is 0.420 e. The molecule has 3 rings (SSSR count). The number of hydrogen-bond acceptors (Lipinski definition) is 6. The van der Waals surface area contributed by atoms with Gasteiger partial charge in [0, 0.05) is 30.3 Å². The third-order valence-electron chi connectivity index (χ3n) is 6.33. The standard InChI is InChI=1S/C29H40N4O5Si/c1-28(2,3)38-27(37)33(26(35)36)29(4,5)17-23-22(15-16-39(6,7)8)31-24(18-30-23)20-13-14-25(34)32(19-20)21-11-9-10-12-21/h13-14,18-19,21H,9-12,17H2,1-8H3,(H,35,36). The zero-order valence-corrected chi connectivity index (χ0v) is 25.3. The molecule has 0 spiro atoms. The van der Waals surface area contributed by atoms with E-state index in [1.54, 1.807) is 57.5 Å². The molecule has 10 heteroatoms. The number of imide groups is 1. The van der Waals surface area contributed by atoms with Crippen molar-refractivity contribution in [2.75, 3.05) is 0 Å². The van der Waals surface area contributed by atoms with Crippen LogP contribution in [-0.4, -0.2) is 55.9 Å². The second kappa shape index (κ2) is 11.3. The summed E-state index contributed by atoms with van der Waals surface area (Å²) < 4.78 is 7.16. The van der Waals surface area contributed by atoms with Crippen molar-refractivity contribution in [1.82, 2.24) is 19.4 Å². The van der Waals surface area contributed by atoms with Crippen molar-refractivity contribution in [1.29, 1.82) is 0 Å². The van der Waals surface area contributed by atoms with E-state index in [-0.39, 0.29) is 18.0 Å². The number of aromatic nitrogens is 3. The Balaban J connectivity index is 2.05. The van der Waals surface area contributed by atoms with Crippen LogP contribution in [0.25, 0.3) is 11.3 Å². The van der Waals surface area contributed by atoms with E-state index >= 15 is 0 Å². The summed E-state index contributed by atoms with van der Waals surface area (Å²) >= 11 is 0. The molecule has 1 fully saturated rings. The first-order valence-electron chi connectivity index (χ1n) is 13.3. The predicted octanol–water partition coefficient (Wildman–Crippen LogP) is 5.89. The highest BCUT2D eigenvalue weighted by Gasteiger charge is 2.40. The molecular weight excluding hydrogens is 512 g/mol. The Hall–Kier alpha value is -3.45. The molecule has 1 saturated carbocycles. The summed E-state index contributed by atoms with van der Waals surface area (Å²) in [5.41, 5.74) is 3.48. The third kappa shape index (κ3) is 8.02. The van der Waals surface area contributed by atoms with Crippen LogP contribution < -0.4 is 5.56 Å². The monoisotopic (exact) mass is 552 g/mol. The Morgan fingerprint density at radius 2 is 1.79 bits per heavy atom. The van der Waals surface area contributed by atoms with Gasteiger partial charge in [0.2, 0.25) is 0 Å². The molecule has 0 bridgehead atoms. The lowest BCUT2D eigenvalue weighted by Crippen LogP contribution is -2.53. The molecule has 1 aliphatic rings. The van der Waals surface area contributed by atoms with Gasteiger partial charge in [-0.25, -0.2) is 19.5 Å². The van der Waals surface area contributed by atoms with Crippen molar-refractivity contribution in [3.05, 3.63) is 46.3 Å². The molecular formula is C29H40N4O5Si. The number of nitrogens with zero attached hydrogens (tertiary/aromatic N) is 4. The van der Waals surface area contributed by atoms with Crippen LogP contribution in [0, 0.1) is 11.5 Å². The molecule has 1 aliphatic carbocycles. The number of ether oxygens (including phenoxy) is 1. The molecule has 0 aromatic carbocycles.